The van der Waals surface area contributed by atoms with Gasteiger partial charge in [0.05, 0.1) is 22.3 Å². The molecule has 4 heterocycles. The first-order valence-electron chi connectivity index (χ1n) is 13.0. The molecule has 3 aromatic heterocycles. The van der Waals surface area contributed by atoms with Crippen molar-refractivity contribution < 1.29 is 23.8 Å². The third-order valence-electron chi connectivity index (χ3n) is 6.18. The number of aromatic nitrogens is 4. The predicted octanol–water partition coefficient (Wildman–Crippen LogP) is 6.53. The topological polar surface area (TPSA) is 129 Å². The maximum absolute atomic E-state index is 12.4. The minimum absolute atomic E-state index is 0.160. The highest BCUT2D eigenvalue weighted by Crippen LogP contribution is 2.36. The van der Waals surface area contributed by atoms with Crippen molar-refractivity contribution in [3.8, 4) is 11.5 Å². The molecule has 0 aliphatic carbocycles. The van der Waals surface area contributed by atoms with Crippen LogP contribution in [-0.2, 0) is 9.47 Å². The van der Waals surface area contributed by atoms with E-state index in [1.54, 1.807) is 31.0 Å². The number of halogens is 1. The number of nitrogens with zero attached hydrogens (tertiary/aromatic N) is 5. The zero-order valence-corrected chi connectivity index (χ0v) is 25.8. The van der Waals surface area contributed by atoms with Gasteiger partial charge in [-0.05, 0) is 70.3 Å². The van der Waals surface area contributed by atoms with E-state index in [0.29, 0.717) is 56.8 Å². The number of pyridine rings is 2. The highest BCUT2D eigenvalue weighted by atomic mass is 79.9. The van der Waals surface area contributed by atoms with Gasteiger partial charge in [0, 0.05) is 54.6 Å². The van der Waals surface area contributed by atoms with Gasteiger partial charge >= 0.3 is 12.1 Å². The largest absolute Gasteiger partial charge is 0.462 e. The predicted molar refractivity (Wildman–Crippen MR) is 155 cm³/mol. The van der Waals surface area contributed by atoms with Gasteiger partial charge in [-0.2, -0.15) is 4.37 Å². The molecule has 11 nitrogen and oxygen atoms in total. The van der Waals surface area contributed by atoms with Crippen molar-refractivity contribution in [1.29, 1.82) is 0 Å². The molecule has 1 amide bonds. The molecule has 0 unspecified atom stereocenters. The summed E-state index contributed by atoms with van der Waals surface area (Å²) in [5.41, 5.74) is 1.10. The molecular formula is C27H33BrN6O5S. The summed E-state index contributed by atoms with van der Waals surface area (Å²) in [5, 5.41) is 3.80. The summed E-state index contributed by atoms with van der Waals surface area (Å²) in [6.07, 6.45) is 4.37. The molecule has 214 valence electrons. The Balaban J connectivity index is 1.43. The van der Waals surface area contributed by atoms with Crippen molar-refractivity contribution in [3.63, 3.8) is 0 Å². The molecule has 0 radical (unpaired) electrons. The fourth-order valence-corrected chi connectivity index (χ4v) is 5.11. The van der Waals surface area contributed by atoms with Gasteiger partial charge in [-0.1, -0.05) is 0 Å². The van der Waals surface area contributed by atoms with Crippen molar-refractivity contribution in [1.82, 2.24) is 24.2 Å². The van der Waals surface area contributed by atoms with Gasteiger partial charge in [-0.3, -0.25) is 4.98 Å². The SMILES string of the molecule is CCOC(=O)c1cnc(C)c(Oc2cc(Nc3nc(C4CCN(C(=O)OC(C)(C)C)CC4)ns3)ncc2Br)c1C. The van der Waals surface area contributed by atoms with Crippen molar-refractivity contribution >= 4 is 50.5 Å². The molecule has 4 rings (SSSR count). The number of carbonyl (C=O) groups excluding carboxylic acids is 2. The highest BCUT2D eigenvalue weighted by Gasteiger charge is 2.29. The number of amides is 1. The summed E-state index contributed by atoms with van der Waals surface area (Å²) in [6.45, 7) is 12.4. The number of ether oxygens (including phenoxy) is 3. The maximum atomic E-state index is 12.4. The number of hydrogen-bond donors (Lipinski definition) is 1. The van der Waals surface area contributed by atoms with Crippen LogP contribution in [0.15, 0.2) is 22.9 Å². The molecule has 1 aliphatic rings. The zero-order valence-electron chi connectivity index (χ0n) is 23.4. The van der Waals surface area contributed by atoms with E-state index in [0.717, 1.165) is 18.7 Å². The third kappa shape index (κ3) is 7.25. The number of hydrogen-bond acceptors (Lipinski definition) is 11. The average molecular weight is 634 g/mol. The molecule has 3 aromatic rings. The number of likely N-dealkylation sites (tertiary alicyclic amines) is 1. The molecule has 1 N–H and O–H groups in total. The van der Waals surface area contributed by atoms with Gasteiger partial charge in [-0.25, -0.2) is 19.6 Å². The van der Waals surface area contributed by atoms with Crippen molar-refractivity contribution in [2.45, 2.75) is 65.9 Å². The Kier molecular flexibility index (Phi) is 9.24. The van der Waals surface area contributed by atoms with E-state index in [1.807, 2.05) is 27.7 Å². The first-order valence-corrected chi connectivity index (χ1v) is 14.6. The summed E-state index contributed by atoms with van der Waals surface area (Å²) in [6, 6.07) is 1.74. The maximum Gasteiger partial charge on any atom is 0.410 e. The molecule has 0 saturated carbocycles. The summed E-state index contributed by atoms with van der Waals surface area (Å²) in [5.74, 6) is 1.94. The Bertz CT molecular complexity index is 1380. The van der Waals surface area contributed by atoms with Crippen LogP contribution in [0.5, 0.6) is 11.5 Å². The summed E-state index contributed by atoms with van der Waals surface area (Å²) >= 11 is 4.74. The molecule has 13 heteroatoms. The van der Waals surface area contributed by atoms with Gasteiger partial charge in [0.25, 0.3) is 0 Å². The van der Waals surface area contributed by atoms with E-state index in [2.05, 4.69) is 40.6 Å². The average Bonchev–Trinajstić information content (AvgIpc) is 3.36. The van der Waals surface area contributed by atoms with E-state index in [-0.39, 0.29) is 18.6 Å². The Morgan fingerprint density at radius 3 is 2.58 bits per heavy atom. The Hall–Kier alpha value is -3.32. The van der Waals surface area contributed by atoms with Crippen LogP contribution in [0.1, 0.15) is 73.9 Å². The van der Waals surface area contributed by atoms with E-state index >= 15 is 0 Å². The van der Waals surface area contributed by atoms with Crippen LogP contribution in [0.25, 0.3) is 0 Å². The van der Waals surface area contributed by atoms with E-state index in [9.17, 15) is 9.59 Å². The lowest BCUT2D eigenvalue weighted by atomic mass is 9.96. The second-order valence-electron chi connectivity index (χ2n) is 10.4. The van der Waals surface area contributed by atoms with Gasteiger partial charge in [0.1, 0.15) is 23.0 Å². The van der Waals surface area contributed by atoms with Gasteiger partial charge < -0.3 is 24.4 Å². The van der Waals surface area contributed by atoms with Gasteiger partial charge in [0.15, 0.2) is 5.75 Å². The lowest BCUT2D eigenvalue weighted by Gasteiger charge is -2.32. The zero-order chi connectivity index (χ0) is 29.0. The smallest absolute Gasteiger partial charge is 0.410 e. The van der Waals surface area contributed by atoms with Crippen molar-refractivity contribution in [3.05, 3.63) is 45.6 Å². The number of piperidine rings is 1. The van der Waals surface area contributed by atoms with Crippen LogP contribution in [-0.4, -0.2) is 61.6 Å². The number of rotatable bonds is 7. The molecule has 40 heavy (non-hydrogen) atoms. The number of anilines is 2. The first kappa shape index (κ1) is 29.7. The number of carbonyl (C=O) groups is 2. The summed E-state index contributed by atoms with van der Waals surface area (Å²) in [4.78, 5) is 39.9. The van der Waals surface area contributed by atoms with Crippen LogP contribution < -0.4 is 10.1 Å². The highest BCUT2D eigenvalue weighted by molar-refractivity contribution is 9.10. The molecule has 0 aromatic carbocycles. The monoisotopic (exact) mass is 632 g/mol. The molecule has 0 spiro atoms. The minimum atomic E-state index is -0.516. The van der Waals surface area contributed by atoms with Crippen LogP contribution in [0, 0.1) is 13.8 Å². The van der Waals surface area contributed by atoms with Crippen LogP contribution in [0.4, 0.5) is 15.7 Å². The standard InChI is InChI=1S/C27H33BrN6O5S/c1-7-37-24(35)18-13-29-16(3)22(15(18)2)38-20-12-21(30-14-19(20)28)31-25-32-23(33-40-25)17-8-10-34(11-9-17)26(36)39-27(4,5)6/h12-14,17H,7-11H2,1-6H3,(H,30,31,32,33). The second kappa shape index (κ2) is 12.5. The van der Waals surface area contributed by atoms with Gasteiger partial charge in [0.2, 0.25) is 5.13 Å². The molecule has 1 saturated heterocycles. The van der Waals surface area contributed by atoms with Crippen LogP contribution in [0.2, 0.25) is 0 Å². The Morgan fingerprint density at radius 1 is 1.18 bits per heavy atom. The Labute approximate surface area is 246 Å². The first-order chi connectivity index (χ1) is 18.9. The fraction of sp³-hybridized carbons (Fsp3) is 0.481. The number of aryl methyl sites for hydroxylation is 1. The minimum Gasteiger partial charge on any atom is -0.462 e. The summed E-state index contributed by atoms with van der Waals surface area (Å²) in [7, 11) is 0. The van der Waals surface area contributed by atoms with Crippen LogP contribution in [0.3, 0.4) is 0 Å². The second-order valence-corrected chi connectivity index (χ2v) is 12.0. The third-order valence-corrected chi connectivity index (χ3v) is 7.42. The molecule has 0 bridgehead atoms. The Morgan fingerprint density at radius 2 is 1.90 bits per heavy atom. The van der Waals surface area contributed by atoms with Crippen LogP contribution >= 0.6 is 27.5 Å². The molecular weight excluding hydrogens is 600 g/mol. The molecule has 1 aliphatic heterocycles. The number of esters is 1. The fourth-order valence-electron chi connectivity index (χ4n) is 4.16. The summed E-state index contributed by atoms with van der Waals surface area (Å²) < 4.78 is 22.0. The van der Waals surface area contributed by atoms with E-state index < -0.39 is 11.6 Å². The van der Waals surface area contributed by atoms with Gasteiger partial charge in [-0.15, -0.1) is 0 Å². The van der Waals surface area contributed by atoms with E-state index in [4.69, 9.17) is 14.2 Å². The lowest BCUT2D eigenvalue weighted by Crippen LogP contribution is -2.41. The number of nitrogens with one attached hydrogen (secondary N) is 1. The lowest BCUT2D eigenvalue weighted by molar-refractivity contribution is 0.0203. The molecule has 0 atom stereocenters. The molecule has 1 fully saturated rings. The van der Waals surface area contributed by atoms with Crippen molar-refractivity contribution in [2.24, 2.45) is 0 Å². The van der Waals surface area contributed by atoms with E-state index in [1.165, 1.54) is 17.7 Å². The van der Waals surface area contributed by atoms with Crippen molar-refractivity contribution in [2.75, 3.05) is 25.0 Å². The normalized spacial score (nSPS) is 14.1. The quantitative estimate of drug-likeness (QED) is 0.287.